The second kappa shape index (κ2) is 10.1. The Morgan fingerprint density at radius 1 is 0.971 bits per heavy atom. The van der Waals surface area contributed by atoms with Crippen LogP contribution in [0.5, 0.6) is 0 Å². The normalized spacial score (nSPS) is 10.9. The largest absolute Gasteiger partial charge is 0.380 e. The van der Waals surface area contributed by atoms with Crippen LogP contribution in [0.1, 0.15) is 21.6 Å². The van der Waals surface area contributed by atoms with Crippen molar-refractivity contribution in [2.45, 2.75) is 13.2 Å². The molecule has 0 unspecified atom stereocenters. The predicted octanol–water partition coefficient (Wildman–Crippen LogP) is 4.61. The Hall–Kier alpha value is -4.56. The monoisotopic (exact) mass is 464 g/mol. The first-order valence-electron chi connectivity index (χ1n) is 11.2. The van der Waals surface area contributed by atoms with E-state index in [1.54, 1.807) is 30.0 Å². The van der Waals surface area contributed by atoms with Gasteiger partial charge in [0, 0.05) is 36.3 Å². The molecule has 8 nitrogen and oxygen atoms in total. The van der Waals surface area contributed by atoms with Gasteiger partial charge in [-0.05, 0) is 59.7 Å². The van der Waals surface area contributed by atoms with Crippen LogP contribution in [0, 0.1) is 0 Å². The van der Waals surface area contributed by atoms with E-state index < -0.39 is 0 Å². The highest BCUT2D eigenvalue weighted by molar-refractivity contribution is 5.94. The number of hydrogen-bond donors (Lipinski definition) is 2. The van der Waals surface area contributed by atoms with Crippen molar-refractivity contribution in [3.8, 4) is 11.1 Å². The minimum Gasteiger partial charge on any atom is -0.380 e. The number of aromatic nitrogens is 4. The van der Waals surface area contributed by atoms with Crippen LogP contribution < -0.4 is 10.6 Å². The van der Waals surface area contributed by atoms with Crippen molar-refractivity contribution in [3.63, 3.8) is 0 Å². The Morgan fingerprint density at radius 3 is 2.54 bits per heavy atom. The number of hydrogen-bond acceptors (Lipinski definition) is 6. The molecule has 35 heavy (non-hydrogen) atoms. The van der Waals surface area contributed by atoms with Gasteiger partial charge in [-0.1, -0.05) is 30.3 Å². The average molecular weight is 465 g/mol. The zero-order valence-corrected chi connectivity index (χ0v) is 19.2. The topological polar surface area (TPSA) is 93.4 Å². The van der Waals surface area contributed by atoms with Crippen LogP contribution in [-0.2, 0) is 17.9 Å². The first-order chi connectivity index (χ1) is 17.2. The molecule has 174 valence electrons. The molecule has 0 bridgehead atoms. The number of carbonyl (C=O) groups excluding carboxylic acids is 1. The van der Waals surface area contributed by atoms with E-state index in [1.807, 2.05) is 60.8 Å². The molecular weight excluding hydrogens is 440 g/mol. The fraction of sp³-hybridized carbons (Fsp3) is 0.111. The van der Waals surface area contributed by atoms with Crippen LogP contribution in [0.3, 0.4) is 0 Å². The summed E-state index contributed by atoms with van der Waals surface area (Å²) in [6.07, 6.45) is 3.57. The average Bonchev–Trinajstić information content (AvgIpc) is 3.31. The highest BCUT2D eigenvalue weighted by Crippen LogP contribution is 2.25. The van der Waals surface area contributed by atoms with Crippen LogP contribution in [0.15, 0.2) is 91.3 Å². The summed E-state index contributed by atoms with van der Waals surface area (Å²) >= 11 is 0. The van der Waals surface area contributed by atoms with Gasteiger partial charge in [0.15, 0.2) is 5.65 Å². The van der Waals surface area contributed by atoms with E-state index in [0.717, 1.165) is 33.7 Å². The summed E-state index contributed by atoms with van der Waals surface area (Å²) < 4.78 is 6.95. The molecule has 5 rings (SSSR count). The Balaban J connectivity index is 1.29. The minimum absolute atomic E-state index is 0.158. The molecule has 0 saturated carbocycles. The maximum absolute atomic E-state index is 12.4. The number of nitrogens with zero attached hydrogens (tertiary/aromatic N) is 4. The third kappa shape index (κ3) is 5.18. The Morgan fingerprint density at radius 2 is 1.80 bits per heavy atom. The first-order valence-corrected chi connectivity index (χ1v) is 11.2. The van der Waals surface area contributed by atoms with Crippen molar-refractivity contribution < 1.29 is 9.53 Å². The maximum atomic E-state index is 12.4. The fourth-order valence-corrected chi connectivity index (χ4v) is 3.74. The second-order valence-corrected chi connectivity index (χ2v) is 7.96. The van der Waals surface area contributed by atoms with Crippen LogP contribution in [0.2, 0.25) is 0 Å². The SMILES string of the molecule is COCc1ccc(-c2cccn3nc(Nc4ccc(C(=O)NCc5ccccn5)cc4)nc23)cc1. The van der Waals surface area contributed by atoms with E-state index in [0.29, 0.717) is 24.7 Å². The van der Waals surface area contributed by atoms with Gasteiger partial charge < -0.3 is 15.4 Å². The van der Waals surface area contributed by atoms with Crippen LogP contribution in [0.4, 0.5) is 11.6 Å². The minimum atomic E-state index is -0.158. The number of carbonyl (C=O) groups is 1. The summed E-state index contributed by atoms with van der Waals surface area (Å²) in [6.45, 7) is 0.955. The van der Waals surface area contributed by atoms with Crippen molar-refractivity contribution in [1.82, 2.24) is 24.9 Å². The van der Waals surface area contributed by atoms with Gasteiger partial charge in [-0.3, -0.25) is 9.78 Å². The van der Waals surface area contributed by atoms with Crippen LogP contribution in [-0.4, -0.2) is 32.6 Å². The molecule has 0 radical (unpaired) electrons. The molecule has 2 N–H and O–H groups in total. The molecule has 0 atom stereocenters. The molecular formula is C27H24N6O2. The standard InChI is InChI=1S/C27H24N6O2/c1-35-18-19-7-9-20(10-8-19)24-6-4-16-33-25(24)31-27(32-33)30-22-13-11-21(12-14-22)26(34)29-17-23-5-2-3-15-28-23/h2-16H,17-18H2,1H3,(H,29,34)(H,30,32). The zero-order valence-electron chi connectivity index (χ0n) is 19.2. The number of anilines is 2. The highest BCUT2D eigenvalue weighted by atomic mass is 16.5. The number of methoxy groups -OCH3 is 1. The summed E-state index contributed by atoms with van der Waals surface area (Å²) in [5.41, 5.74) is 6.05. The maximum Gasteiger partial charge on any atom is 0.251 e. The molecule has 2 aromatic carbocycles. The van der Waals surface area contributed by atoms with Crippen molar-refractivity contribution in [2.24, 2.45) is 0 Å². The highest BCUT2D eigenvalue weighted by Gasteiger charge is 2.11. The van der Waals surface area contributed by atoms with E-state index in [2.05, 4.69) is 32.8 Å². The lowest BCUT2D eigenvalue weighted by Crippen LogP contribution is -2.23. The Bertz CT molecular complexity index is 1430. The van der Waals surface area contributed by atoms with Gasteiger partial charge in [0.2, 0.25) is 5.95 Å². The molecule has 0 fully saturated rings. The van der Waals surface area contributed by atoms with Gasteiger partial charge >= 0.3 is 0 Å². The number of ether oxygens (including phenoxy) is 1. The molecule has 0 aliphatic carbocycles. The molecule has 8 heteroatoms. The lowest BCUT2D eigenvalue weighted by molar-refractivity contribution is 0.0950. The van der Waals surface area contributed by atoms with E-state index >= 15 is 0 Å². The van der Waals surface area contributed by atoms with Crippen LogP contribution >= 0.6 is 0 Å². The molecule has 0 spiro atoms. The van der Waals surface area contributed by atoms with E-state index in [1.165, 1.54) is 0 Å². The van der Waals surface area contributed by atoms with E-state index in [9.17, 15) is 4.79 Å². The van der Waals surface area contributed by atoms with Gasteiger partial charge in [0.25, 0.3) is 5.91 Å². The van der Waals surface area contributed by atoms with Crippen LogP contribution in [0.25, 0.3) is 16.8 Å². The van der Waals surface area contributed by atoms with Crippen molar-refractivity contribution in [2.75, 3.05) is 12.4 Å². The van der Waals surface area contributed by atoms with Crippen molar-refractivity contribution in [3.05, 3.63) is 108 Å². The Labute approximate surface area is 202 Å². The molecule has 0 saturated heterocycles. The number of fused-ring (bicyclic) bond motifs is 1. The van der Waals surface area contributed by atoms with Gasteiger partial charge in [-0.25, -0.2) is 4.52 Å². The lowest BCUT2D eigenvalue weighted by Gasteiger charge is -2.06. The van der Waals surface area contributed by atoms with E-state index in [-0.39, 0.29) is 5.91 Å². The quantitative estimate of drug-likeness (QED) is 0.348. The van der Waals surface area contributed by atoms with Crippen molar-refractivity contribution in [1.29, 1.82) is 0 Å². The zero-order chi connectivity index (χ0) is 24.0. The number of pyridine rings is 2. The van der Waals surface area contributed by atoms with Gasteiger partial charge in [0.05, 0.1) is 18.8 Å². The molecule has 0 aliphatic heterocycles. The third-order valence-corrected chi connectivity index (χ3v) is 5.50. The van der Waals surface area contributed by atoms with Gasteiger partial charge in [0.1, 0.15) is 0 Å². The van der Waals surface area contributed by atoms with Gasteiger partial charge in [-0.15, -0.1) is 5.10 Å². The van der Waals surface area contributed by atoms with E-state index in [4.69, 9.17) is 9.72 Å². The number of rotatable bonds is 8. The molecule has 3 aromatic heterocycles. The number of nitrogens with one attached hydrogen (secondary N) is 2. The number of benzene rings is 2. The Kier molecular flexibility index (Phi) is 6.45. The lowest BCUT2D eigenvalue weighted by atomic mass is 10.1. The second-order valence-electron chi connectivity index (χ2n) is 7.96. The number of amides is 1. The summed E-state index contributed by atoms with van der Waals surface area (Å²) in [5, 5.41) is 10.6. The molecule has 3 heterocycles. The smallest absolute Gasteiger partial charge is 0.251 e. The summed E-state index contributed by atoms with van der Waals surface area (Å²) in [6, 6.07) is 25.0. The first kappa shape index (κ1) is 22.2. The summed E-state index contributed by atoms with van der Waals surface area (Å²) in [5.74, 6) is 0.315. The third-order valence-electron chi connectivity index (χ3n) is 5.50. The summed E-state index contributed by atoms with van der Waals surface area (Å²) in [4.78, 5) is 21.3. The molecule has 5 aromatic rings. The molecule has 1 amide bonds. The predicted molar refractivity (Wildman–Crippen MR) is 134 cm³/mol. The molecule has 0 aliphatic rings. The van der Waals surface area contributed by atoms with Gasteiger partial charge in [-0.2, -0.15) is 4.98 Å². The van der Waals surface area contributed by atoms with Crippen molar-refractivity contribution >= 4 is 23.2 Å². The summed E-state index contributed by atoms with van der Waals surface area (Å²) in [7, 11) is 1.69. The fourth-order valence-electron chi connectivity index (χ4n) is 3.74.